The van der Waals surface area contributed by atoms with Gasteiger partial charge in [-0.3, -0.25) is 19.2 Å². The Hall–Kier alpha value is -3.80. The van der Waals surface area contributed by atoms with Crippen LogP contribution >= 0.6 is 0 Å². The van der Waals surface area contributed by atoms with Crippen LogP contribution in [0, 0.1) is 13.8 Å². The molecule has 0 spiro atoms. The average Bonchev–Trinajstić information content (AvgIpc) is 3.23. The van der Waals surface area contributed by atoms with Crippen LogP contribution in [0.25, 0.3) is 0 Å². The molecule has 31 heavy (non-hydrogen) atoms. The van der Waals surface area contributed by atoms with Gasteiger partial charge in [-0.15, -0.1) is 0 Å². The largest absolute Gasteiger partial charge is 0.269 e. The molecule has 4 amide bonds. The zero-order valence-electron chi connectivity index (χ0n) is 17.8. The first-order valence-electron chi connectivity index (χ1n) is 9.96. The van der Waals surface area contributed by atoms with Crippen molar-refractivity contribution >= 4 is 35.0 Å². The van der Waals surface area contributed by atoms with Crippen molar-refractivity contribution in [1.29, 1.82) is 0 Å². The summed E-state index contributed by atoms with van der Waals surface area (Å²) in [6, 6.07) is 11.4. The molecule has 0 unspecified atom stereocenters. The molecule has 156 valence electrons. The van der Waals surface area contributed by atoms with E-state index in [0.717, 1.165) is 22.3 Å². The molecule has 2 aliphatic rings. The number of hydrogen-bond acceptors (Lipinski definition) is 4. The first-order valence-corrected chi connectivity index (χ1v) is 9.96. The van der Waals surface area contributed by atoms with Gasteiger partial charge < -0.3 is 0 Å². The number of hydrogen-bond donors (Lipinski definition) is 0. The third-order valence-corrected chi connectivity index (χ3v) is 5.94. The van der Waals surface area contributed by atoms with Crippen molar-refractivity contribution in [3.63, 3.8) is 0 Å². The number of benzene rings is 2. The fourth-order valence-electron chi connectivity index (χ4n) is 4.03. The topological polar surface area (TPSA) is 74.8 Å². The molecule has 2 aliphatic heterocycles. The Morgan fingerprint density at radius 2 is 0.903 bits per heavy atom. The lowest BCUT2D eigenvalue weighted by Crippen LogP contribution is -2.31. The summed E-state index contributed by atoms with van der Waals surface area (Å²) in [5.74, 6) is -1.36. The highest BCUT2D eigenvalue weighted by atomic mass is 16.2. The second-order valence-corrected chi connectivity index (χ2v) is 8.32. The standard InChI is InChI=1S/C25H22N2O4/c1-15-13-17(5-7-19(15)26-21(28)9-10-22(26)29)25(3,4)18-6-8-20(16(2)14-18)27-23(30)11-12-24(27)31/h5-14H,1-4H3. The fraction of sp³-hybridized carbons (Fsp3) is 0.200. The average molecular weight is 414 g/mol. The van der Waals surface area contributed by atoms with Crippen molar-refractivity contribution in [2.45, 2.75) is 33.1 Å². The minimum Gasteiger partial charge on any atom is -0.269 e. The quantitative estimate of drug-likeness (QED) is 0.718. The maximum Gasteiger partial charge on any atom is 0.258 e. The van der Waals surface area contributed by atoms with Gasteiger partial charge in [0.2, 0.25) is 0 Å². The highest BCUT2D eigenvalue weighted by Crippen LogP contribution is 2.37. The number of anilines is 2. The van der Waals surface area contributed by atoms with Gasteiger partial charge in [0.1, 0.15) is 0 Å². The van der Waals surface area contributed by atoms with E-state index in [4.69, 9.17) is 0 Å². The summed E-state index contributed by atoms with van der Waals surface area (Å²) in [7, 11) is 0. The Morgan fingerprint density at radius 3 is 1.19 bits per heavy atom. The van der Waals surface area contributed by atoms with Crippen molar-refractivity contribution in [1.82, 2.24) is 0 Å². The highest BCUT2D eigenvalue weighted by molar-refractivity contribution is 6.29. The van der Waals surface area contributed by atoms with Crippen molar-refractivity contribution in [3.05, 3.63) is 83.0 Å². The van der Waals surface area contributed by atoms with Crippen LogP contribution in [0.4, 0.5) is 11.4 Å². The van der Waals surface area contributed by atoms with E-state index in [1.807, 2.05) is 38.1 Å². The Kier molecular flexibility index (Phi) is 4.73. The molecule has 2 aromatic rings. The number of rotatable bonds is 4. The van der Waals surface area contributed by atoms with Crippen LogP contribution in [0.5, 0.6) is 0 Å². The molecule has 6 nitrogen and oxygen atoms in total. The Morgan fingerprint density at radius 1 is 0.581 bits per heavy atom. The van der Waals surface area contributed by atoms with E-state index < -0.39 is 0 Å². The summed E-state index contributed by atoms with van der Waals surface area (Å²) in [6.45, 7) is 7.91. The molecule has 2 aromatic carbocycles. The Labute approximate surface area is 180 Å². The van der Waals surface area contributed by atoms with E-state index in [1.54, 1.807) is 12.1 Å². The summed E-state index contributed by atoms with van der Waals surface area (Å²) in [5, 5.41) is 0. The van der Waals surface area contributed by atoms with Gasteiger partial charge in [-0.25, -0.2) is 9.80 Å². The molecule has 0 N–H and O–H groups in total. The van der Waals surface area contributed by atoms with Crippen LogP contribution in [-0.4, -0.2) is 23.6 Å². The Bertz CT molecular complexity index is 1090. The van der Waals surface area contributed by atoms with Crippen LogP contribution in [0.1, 0.15) is 36.1 Å². The van der Waals surface area contributed by atoms with E-state index in [0.29, 0.717) is 11.4 Å². The van der Waals surface area contributed by atoms with E-state index in [-0.39, 0.29) is 29.0 Å². The predicted octanol–water partition coefficient (Wildman–Crippen LogP) is 3.49. The van der Waals surface area contributed by atoms with Gasteiger partial charge in [0, 0.05) is 29.7 Å². The second kappa shape index (κ2) is 7.16. The van der Waals surface area contributed by atoms with E-state index in [2.05, 4.69) is 13.8 Å². The highest BCUT2D eigenvalue weighted by Gasteiger charge is 2.30. The van der Waals surface area contributed by atoms with Gasteiger partial charge in [-0.2, -0.15) is 0 Å². The molecule has 6 heteroatoms. The van der Waals surface area contributed by atoms with Crippen molar-refractivity contribution in [2.75, 3.05) is 9.80 Å². The van der Waals surface area contributed by atoms with Crippen molar-refractivity contribution < 1.29 is 19.2 Å². The molecule has 0 bridgehead atoms. The first-order chi connectivity index (χ1) is 14.6. The second-order valence-electron chi connectivity index (χ2n) is 8.32. The van der Waals surface area contributed by atoms with E-state index in [1.165, 1.54) is 34.1 Å². The van der Waals surface area contributed by atoms with Crippen LogP contribution in [0.3, 0.4) is 0 Å². The van der Waals surface area contributed by atoms with Gasteiger partial charge >= 0.3 is 0 Å². The molecule has 0 aliphatic carbocycles. The number of amides is 4. The minimum absolute atomic E-state index is 0.341. The lowest BCUT2D eigenvalue weighted by molar-refractivity contribution is -0.121. The molecule has 0 aromatic heterocycles. The molecular formula is C25H22N2O4. The van der Waals surface area contributed by atoms with Crippen LogP contribution in [0.15, 0.2) is 60.7 Å². The van der Waals surface area contributed by atoms with Crippen LogP contribution < -0.4 is 9.80 Å². The van der Waals surface area contributed by atoms with Crippen LogP contribution in [-0.2, 0) is 24.6 Å². The fourth-order valence-corrected chi connectivity index (χ4v) is 4.03. The summed E-state index contributed by atoms with van der Waals surface area (Å²) in [5.41, 5.74) is 4.44. The number of carbonyl (C=O) groups is 4. The normalized spacial score (nSPS) is 16.3. The third-order valence-electron chi connectivity index (χ3n) is 5.94. The van der Waals surface area contributed by atoms with E-state index >= 15 is 0 Å². The minimum atomic E-state index is -0.388. The predicted molar refractivity (Wildman–Crippen MR) is 118 cm³/mol. The van der Waals surface area contributed by atoms with Crippen LogP contribution in [0.2, 0.25) is 0 Å². The summed E-state index contributed by atoms with van der Waals surface area (Å²) in [4.78, 5) is 50.4. The van der Waals surface area contributed by atoms with Gasteiger partial charge in [-0.1, -0.05) is 38.1 Å². The molecule has 0 atom stereocenters. The lowest BCUT2D eigenvalue weighted by Gasteiger charge is -2.29. The monoisotopic (exact) mass is 414 g/mol. The maximum absolute atomic E-state index is 12.0. The zero-order chi connectivity index (χ0) is 22.5. The first kappa shape index (κ1) is 20.5. The van der Waals surface area contributed by atoms with Crippen molar-refractivity contribution in [3.8, 4) is 0 Å². The molecule has 2 heterocycles. The number of aryl methyl sites for hydroxylation is 2. The summed E-state index contributed by atoms with van der Waals surface area (Å²) < 4.78 is 0. The molecule has 0 fully saturated rings. The molecular weight excluding hydrogens is 392 g/mol. The van der Waals surface area contributed by atoms with Gasteiger partial charge in [0.05, 0.1) is 11.4 Å². The zero-order valence-corrected chi connectivity index (χ0v) is 17.8. The molecule has 4 rings (SSSR count). The van der Waals surface area contributed by atoms with Crippen molar-refractivity contribution in [2.24, 2.45) is 0 Å². The summed E-state index contributed by atoms with van der Waals surface area (Å²) in [6.07, 6.45) is 5.09. The SMILES string of the molecule is Cc1cc(C(C)(C)c2ccc(N3C(=O)C=CC3=O)c(C)c2)ccc1N1C(=O)C=CC1=O. The summed E-state index contributed by atoms with van der Waals surface area (Å²) >= 11 is 0. The lowest BCUT2D eigenvalue weighted by atomic mass is 9.77. The maximum atomic E-state index is 12.0. The van der Waals surface area contributed by atoms with Gasteiger partial charge in [0.15, 0.2) is 0 Å². The van der Waals surface area contributed by atoms with E-state index in [9.17, 15) is 19.2 Å². The Balaban J connectivity index is 1.67. The molecule has 0 saturated carbocycles. The van der Waals surface area contributed by atoms with Gasteiger partial charge in [-0.05, 0) is 48.2 Å². The number of carbonyl (C=O) groups excluding carboxylic acids is 4. The number of imide groups is 2. The smallest absolute Gasteiger partial charge is 0.258 e. The molecule has 0 radical (unpaired) electrons. The molecule has 0 saturated heterocycles. The van der Waals surface area contributed by atoms with Gasteiger partial charge in [0.25, 0.3) is 23.6 Å². The number of nitrogens with zero attached hydrogens (tertiary/aromatic N) is 2. The third kappa shape index (κ3) is 3.30.